The van der Waals surface area contributed by atoms with Crippen LogP contribution in [0.3, 0.4) is 0 Å². The molecule has 1 unspecified atom stereocenters. The average Bonchev–Trinajstić information content (AvgIpc) is 3.03. The standard InChI is InChI=1S/C26H48O7Si/c1-18(27)31-20-17-21(32-23-15-11-12-16-30-23)24(25(26(2,3)4)33-34(5)6)19(20)13-9-7-8-10-14-22(28)29/h19-21,23-25,34H,7-17H2,1-6H3,(H,28,29)/t19-,20-,21+,23?,24-,25+/m0/s1. The molecule has 1 aliphatic carbocycles. The van der Waals surface area contributed by atoms with Gasteiger partial charge in [-0.05, 0) is 50.6 Å². The quantitative estimate of drug-likeness (QED) is 0.208. The largest absolute Gasteiger partial charge is 0.481 e. The fourth-order valence-corrected chi connectivity index (χ4v) is 6.74. The van der Waals surface area contributed by atoms with Gasteiger partial charge >= 0.3 is 11.9 Å². The van der Waals surface area contributed by atoms with Crippen molar-refractivity contribution in [3.8, 4) is 0 Å². The van der Waals surface area contributed by atoms with E-state index in [0.29, 0.717) is 12.8 Å². The van der Waals surface area contributed by atoms with Gasteiger partial charge in [0.1, 0.15) is 6.10 Å². The minimum atomic E-state index is -1.34. The number of esters is 1. The molecule has 1 saturated carbocycles. The zero-order chi connectivity index (χ0) is 25.3. The van der Waals surface area contributed by atoms with E-state index in [4.69, 9.17) is 23.7 Å². The van der Waals surface area contributed by atoms with E-state index in [-0.39, 0.29) is 54.2 Å². The van der Waals surface area contributed by atoms with Gasteiger partial charge in [-0.1, -0.05) is 40.0 Å². The molecule has 34 heavy (non-hydrogen) atoms. The number of aliphatic carboxylic acids is 1. The minimum Gasteiger partial charge on any atom is -0.481 e. The summed E-state index contributed by atoms with van der Waals surface area (Å²) in [6.45, 7) is 13.3. The fourth-order valence-electron chi connectivity index (χ4n) is 5.57. The average molecular weight is 501 g/mol. The number of rotatable bonds is 13. The Hall–Kier alpha value is -0.963. The lowest BCUT2D eigenvalue weighted by molar-refractivity contribution is -0.205. The van der Waals surface area contributed by atoms with Crippen LogP contribution in [0.2, 0.25) is 13.1 Å². The molecule has 1 N–H and O–H groups in total. The smallest absolute Gasteiger partial charge is 0.303 e. The second-order valence-corrected chi connectivity index (χ2v) is 13.8. The monoisotopic (exact) mass is 500 g/mol. The van der Waals surface area contributed by atoms with Crippen LogP contribution >= 0.6 is 0 Å². The summed E-state index contributed by atoms with van der Waals surface area (Å²) in [7, 11) is -1.34. The first-order chi connectivity index (χ1) is 16.0. The highest BCUT2D eigenvalue weighted by atomic mass is 28.3. The zero-order valence-corrected chi connectivity index (χ0v) is 23.4. The van der Waals surface area contributed by atoms with Crippen molar-refractivity contribution in [2.24, 2.45) is 17.3 Å². The normalized spacial score (nSPS) is 28.7. The number of carboxylic acid groups (broad SMARTS) is 1. The molecule has 2 rings (SSSR count). The number of ether oxygens (including phenoxy) is 3. The first-order valence-electron chi connectivity index (χ1n) is 13.3. The van der Waals surface area contributed by atoms with Crippen molar-refractivity contribution in [1.82, 2.24) is 0 Å². The Balaban J connectivity index is 2.23. The van der Waals surface area contributed by atoms with Crippen molar-refractivity contribution in [1.29, 1.82) is 0 Å². The molecule has 0 aromatic rings. The predicted molar refractivity (Wildman–Crippen MR) is 134 cm³/mol. The number of carbonyl (C=O) groups is 2. The lowest BCUT2D eigenvalue weighted by Gasteiger charge is -2.42. The Labute approximate surface area is 208 Å². The van der Waals surface area contributed by atoms with E-state index in [1.54, 1.807) is 0 Å². The third kappa shape index (κ3) is 9.59. The maximum absolute atomic E-state index is 12.0. The topological polar surface area (TPSA) is 91.3 Å². The Bertz CT molecular complexity index is 627. The van der Waals surface area contributed by atoms with Gasteiger partial charge in [-0.2, -0.15) is 0 Å². The maximum atomic E-state index is 12.0. The van der Waals surface area contributed by atoms with Crippen LogP contribution in [0.4, 0.5) is 0 Å². The summed E-state index contributed by atoms with van der Waals surface area (Å²) in [5, 5.41) is 8.89. The van der Waals surface area contributed by atoms with Gasteiger partial charge in [-0.3, -0.25) is 9.59 Å². The molecule has 8 heteroatoms. The van der Waals surface area contributed by atoms with Gasteiger partial charge in [0.2, 0.25) is 0 Å². The highest BCUT2D eigenvalue weighted by Crippen LogP contribution is 2.47. The van der Waals surface area contributed by atoms with Crippen LogP contribution in [0.15, 0.2) is 0 Å². The fraction of sp³-hybridized carbons (Fsp3) is 0.923. The van der Waals surface area contributed by atoms with E-state index in [1.807, 2.05) is 0 Å². The highest BCUT2D eigenvalue weighted by molar-refractivity contribution is 6.48. The predicted octanol–water partition coefficient (Wildman–Crippen LogP) is 5.31. The van der Waals surface area contributed by atoms with Gasteiger partial charge in [0.05, 0.1) is 12.2 Å². The van der Waals surface area contributed by atoms with Crippen molar-refractivity contribution in [3.63, 3.8) is 0 Å². The summed E-state index contributed by atoms with van der Waals surface area (Å²) in [4.78, 5) is 22.8. The number of unbranched alkanes of at least 4 members (excludes halogenated alkanes) is 3. The third-order valence-electron chi connectivity index (χ3n) is 6.95. The maximum Gasteiger partial charge on any atom is 0.303 e. The van der Waals surface area contributed by atoms with E-state index in [9.17, 15) is 9.59 Å². The molecular weight excluding hydrogens is 452 g/mol. The molecule has 0 radical (unpaired) electrons. The molecule has 0 aromatic heterocycles. The van der Waals surface area contributed by atoms with Crippen LogP contribution in [0, 0.1) is 17.3 Å². The van der Waals surface area contributed by atoms with Crippen molar-refractivity contribution < 1.29 is 33.3 Å². The lowest BCUT2D eigenvalue weighted by atomic mass is 9.74. The molecule has 2 aliphatic rings. The van der Waals surface area contributed by atoms with Gasteiger partial charge in [0, 0.05) is 38.2 Å². The van der Waals surface area contributed by atoms with Gasteiger partial charge < -0.3 is 23.7 Å². The Kier molecular flexibility index (Phi) is 12.0. The zero-order valence-electron chi connectivity index (χ0n) is 22.2. The molecule has 7 nitrogen and oxygen atoms in total. The summed E-state index contributed by atoms with van der Waals surface area (Å²) >= 11 is 0. The first kappa shape index (κ1) is 29.3. The molecular formula is C26H48O7Si. The van der Waals surface area contributed by atoms with Crippen LogP contribution < -0.4 is 0 Å². The molecule has 0 spiro atoms. The molecule has 6 atom stereocenters. The summed E-state index contributed by atoms with van der Waals surface area (Å²) in [6.07, 6.45) is 7.95. The molecule has 2 fully saturated rings. The van der Waals surface area contributed by atoms with Gasteiger partial charge in [0.15, 0.2) is 15.3 Å². The summed E-state index contributed by atoms with van der Waals surface area (Å²) in [6, 6.07) is 0. The number of carbonyl (C=O) groups excluding carboxylic acids is 1. The molecule has 1 heterocycles. The number of hydrogen-bond donors (Lipinski definition) is 1. The van der Waals surface area contributed by atoms with Crippen LogP contribution in [-0.2, 0) is 28.2 Å². The van der Waals surface area contributed by atoms with Crippen molar-refractivity contribution >= 4 is 21.0 Å². The Morgan fingerprint density at radius 3 is 2.35 bits per heavy atom. The molecule has 198 valence electrons. The van der Waals surface area contributed by atoms with E-state index in [2.05, 4.69) is 33.9 Å². The number of carboxylic acids is 1. The molecule has 1 aliphatic heterocycles. The van der Waals surface area contributed by atoms with Crippen molar-refractivity contribution in [2.45, 2.75) is 130 Å². The van der Waals surface area contributed by atoms with Crippen LogP contribution in [-0.4, -0.2) is 57.3 Å². The van der Waals surface area contributed by atoms with Gasteiger partial charge in [-0.25, -0.2) is 0 Å². The number of hydrogen-bond acceptors (Lipinski definition) is 6. The summed E-state index contributed by atoms with van der Waals surface area (Å²) in [5.41, 5.74) is -0.0815. The SMILES string of the molecule is CC(=O)O[C@H]1C[C@@H](OC2CCCCO2)[C@@H]([C@@H](O[SiH](C)C)C(C)(C)C)[C@H]1CCCCCCC(=O)O. The van der Waals surface area contributed by atoms with E-state index >= 15 is 0 Å². The van der Waals surface area contributed by atoms with Crippen LogP contribution in [0.1, 0.15) is 91.9 Å². The third-order valence-corrected chi connectivity index (χ3v) is 7.79. The van der Waals surface area contributed by atoms with Crippen molar-refractivity contribution in [3.05, 3.63) is 0 Å². The minimum absolute atomic E-state index is 0.00493. The van der Waals surface area contributed by atoms with Crippen LogP contribution in [0.5, 0.6) is 0 Å². The lowest BCUT2D eigenvalue weighted by Crippen LogP contribution is -2.47. The van der Waals surface area contributed by atoms with E-state index in [0.717, 1.165) is 51.6 Å². The Morgan fingerprint density at radius 2 is 1.79 bits per heavy atom. The second-order valence-electron chi connectivity index (χ2n) is 11.4. The Morgan fingerprint density at radius 1 is 1.09 bits per heavy atom. The first-order valence-corrected chi connectivity index (χ1v) is 16.1. The highest BCUT2D eigenvalue weighted by Gasteiger charge is 2.52. The van der Waals surface area contributed by atoms with E-state index in [1.165, 1.54) is 6.92 Å². The van der Waals surface area contributed by atoms with Gasteiger partial charge in [-0.15, -0.1) is 0 Å². The van der Waals surface area contributed by atoms with Gasteiger partial charge in [0.25, 0.3) is 0 Å². The molecule has 0 amide bonds. The summed E-state index contributed by atoms with van der Waals surface area (Å²) in [5.74, 6) is -0.729. The van der Waals surface area contributed by atoms with E-state index < -0.39 is 15.0 Å². The van der Waals surface area contributed by atoms with Crippen LogP contribution in [0.25, 0.3) is 0 Å². The molecule has 1 saturated heterocycles. The molecule has 0 aromatic carbocycles. The molecule has 0 bridgehead atoms. The second kappa shape index (κ2) is 13.9. The van der Waals surface area contributed by atoms with Crippen molar-refractivity contribution in [2.75, 3.05) is 6.61 Å². The summed E-state index contributed by atoms with van der Waals surface area (Å²) < 4.78 is 25.1.